The first kappa shape index (κ1) is 20.5. The molecule has 1 spiro atoms. The van der Waals surface area contributed by atoms with Gasteiger partial charge in [0.05, 0.1) is 18.8 Å². The summed E-state index contributed by atoms with van der Waals surface area (Å²) in [5.41, 5.74) is 0.469. The number of fused-ring (bicyclic) bond motifs is 7. The Morgan fingerprint density at radius 2 is 1.73 bits per heavy atom. The van der Waals surface area contributed by atoms with E-state index in [-0.39, 0.29) is 23.4 Å². The van der Waals surface area contributed by atoms with Crippen LogP contribution in [0, 0.1) is 52.3 Å². The van der Waals surface area contributed by atoms with Crippen molar-refractivity contribution in [1.29, 1.82) is 0 Å². The Labute approximate surface area is 183 Å². The Morgan fingerprint density at radius 1 is 0.900 bits per heavy atom. The van der Waals surface area contributed by atoms with Gasteiger partial charge >= 0.3 is 0 Å². The SMILES string of the molecule is C[C@@H]1CC[C@@]2(OC1)O[C@@H]1C[C@@H]3[C@@H]4CC[C@H]5CCCC[C@]5(C)[C@@H]4C[C@H](O)[C@]3(C)[C@@H]1[C@@H]2C. The summed E-state index contributed by atoms with van der Waals surface area (Å²) in [5.74, 6) is 4.15. The van der Waals surface area contributed by atoms with Crippen LogP contribution in [0.5, 0.6) is 0 Å². The fraction of sp³-hybridized carbons (Fsp3) is 1.00. The van der Waals surface area contributed by atoms with Crippen molar-refractivity contribution in [3.8, 4) is 0 Å². The maximum Gasteiger partial charge on any atom is 0.171 e. The van der Waals surface area contributed by atoms with Gasteiger partial charge in [0.2, 0.25) is 0 Å². The largest absolute Gasteiger partial charge is 0.393 e. The van der Waals surface area contributed by atoms with E-state index in [0.29, 0.717) is 29.1 Å². The number of aliphatic hydroxyl groups excluding tert-OH is 1. The molecule has 6 aliphatic rings. The van der Waals surface area contributed by atoms with E-state index >= 15 is 0 Å². The first-order valence-electron chi connectivity index (χ1n) is 13.3. The highest BCUT2D eigenvalue weighted by Gasteiger charge is 2.71. The standard InChI is InChI=1S/C27H44O3/c1-16-10-12-27(29-15-16)17(2)24-22(30-27)13-21-19-9-8-18-7-5-6-11-25(18,3)20(19)14-23(28)26(21,24)4/h16-24,28H,5-15H2,1-4H3/t16-,17+,18-,19-,20-,21-,22-,23+,24-,25+,26-,27-/m1/s1. The maximum atomic E-state index is 11.8. The number of hydrogen-bond donors (Lipinski definition) is 1. The minimum absolute atomic E-state index is 0.000956. The van der Waals surface area contributed by atoms with Crippen molar-refractivity contribution >= 4 is 0 Å². The molecule has 4 saturated carbocycles. The zero-order valence-corrected chi connectivity index (χ0v) is 19.7. The Morgan fingerprint density at radius 3 is 2.50 bits per heavy atom. The van der Waals surface area contributed by atoms with Crippen LogP contribution in [0.3, 0.4) is 0 Å². The summed E-state index contributed by atoms with van der Waals surface area (Å²) in [6.45, 7) is 10.5. The molecular weight excluding hydrogens is 372 g/mol. The molecule has 6 fully saturated rings. The topological polar surface area (TPSA) is 38.7 Å². The number of hydrogen-bond acceptors (Lipinski definition) is 3. The van der Waals surface area contributed by atoms with Crippen LogP contribution in [-0.2, 0) is 9.47 Å². The molecule has 0 bridgehead atoms. The molecular formula is C27H44O3. The van der Waals surface area contributed by atoms with E-state index in [0.717, 1.165) is 43.6 Å². The molecule has 6 rings (SSSR count). The molecule has 0 amide bonds. The number of aliphatic hydroxyl groups is 1. The lowest BCUT2D eigenvalue weighted by molar-refractivity contribution is -0.274. The molecule has 30 heavy (non-hydrogen) atoms. The zero-order valence-electron chi connectivity index (χ0n) is 19.7. The van der Waals surface area contributed by atoms with Crippen LogP contribution in [0.1, 0.15) is 91.9 Å². The van der Waals surface area contributed by atoms with Gasteiger partial charge in [-0.05, 0) is 80.0 Å². The van der Waals surface area contributed by atoms with Crippen molar-refractivity contribution < 1.29 is 14.6 Å². The summed E-state index contributed by atoms with van der Waals surface area (Å²) in [6, 6.07) is 0. The smallest absolute Gasteiger partial charge is 0.171 e. The van der Waals surface area contributed by atoms with E-state index < -0.39 is 0 Å². The van der Waals surface area contributed by atoms with Gasteiger partial charge in [-0.3, -0.25) is 0 Å². The summed E-state index contributed by atoms with van der Waals surface area (Å²) in [5, 5.41) is 11.8. The Bertz CT molecular complexity index is 684. The fourth-order valence-corrected chi connectivity index (χ4v) is 10.3. The molecule has 2 aliphatic heterocycles. The Hall–Kier alpha value is -0.120. The molecule has 1 N–H and O–H groups in total. The third kappa shape index (κ3) is 2.49. The van der Waals surface area contributed by atoms with Crippen molar-refractivity contribution in [2.75, 3.05) is 6.61 Å². The van der Waals surface area contributed by atoms with Crippen LogP contribution in [0.15, 0.2) is 0 Å². The highest BCUT2D eigenvalue weighted by atomic mass is 16.7. The van der Waals surface area contributed by atoms with Crippen LogP contribution in [0.25, 0.3) is 0 Å². The second kappa shape index (κ2) is 6.70. The van der Waals surface area contributed by atoms with E-state index in [1.807, 2.05) is 0 Å². The highest BCUT2D eigenvalue weighted by molar-refractivity contribution is 5.17. The molecule has 0 aromatic heterocycles. The molecule has 12 atom stereocenters. The van der Waals surface area contributed by atoms with E-state index in [4.69, 9.17) is 9.47 Å². The monoisotopic (exact) mass is 416 g/mol. The highest BCUT2D eigenvalue weighted by Crippen LogP contribution is 2.71. The molecule has 2 saturated heterocycles. The van der Waals surface area contributed by atoms with Gasteiger partial charge in [-0.15, -0.1) is 0 Å². The van der Waals surface area contributed by atoms with Crippen molar-refractivity contribution in [2.24, 2.45) is 52.3 Å². The maximum absolute atomic E-state index is 11.8. The van der Waals surface area contributed by atoms with E-state index in [1.165, 1.54) is 44.9 Å². The summed E-state index contributed by atoms with van der Waals surface area (Å²) in [4.78, 5) is 0. The normalized spacial score (nSPS) is 62.5. The van der Waals surface area contributed by atoms with Gasteiger partial charge < -0.3 is 14.6 Å². The van der Waals surface area contributed by atoms with Gasteiger partial charge in [0.15, 0.2) is 5.79 Å². The van der Waals surface area contributed by atoms with Crippen LogP contribution >= 0.6 is 0 Å². The van der Waals surface area contributed by atoms with E-state index in [9.17, 15) is 5.11 Å². The van der Waals surface area contributed by atoms with Gasteiger partial charge in [0.25, 0.3) is 0 Å². The molecule has 2 heterocycles. The van der Waals surface area contributed by atoms with Crippen molar-refractivity contribution in [2.45, 2.75) is 110 Å². The second-order valence-corrected chi connectivity index (χ2v) is 13.0. The minimum atomic E-state index is -0.376. The molecule has 0 unspecified atom stereocenters. The summed E-state index contributed by atoms with van der Waals surface area (Å²) < 4.78 is 13.3. The van der Waals surface area contributed by atoms with E-state index in [1.54, 1.807) is 0 Å². The van der Waals surface area contributed by atoms with Gasteiger partial charge in [-0.25, -0.2) is 0 Å². The second-order valence-electron chi connectivity index (χ2n) is 13.0. The lowest BCUT2D eigenvalue weighted by Gasteiger charge is -2.62. The lowest BCUT2D eigenvalue weighted by atomic mass is 9.44. The summed E-state index contributed by atoms with van der Waals surface area (Å²) >= 11 is 0. The van der Waals surface area contributed by atoms with Crippen LogP contribution in [-0.4, -0.2) is 29.7 Å². The Balaban J connectivity index is 1.31. The van der Waals surface area contributed by atoms with Gasteiger partial charge in [-0.2, -0.15) is 0 Å². The molecule has 170 valence electrons. The molecule has 0 radical (unpaired) electrons. The van der Waals surface area contributed by atoms with Gasteiger partial charge in [0.1, 0.15) is 0 Å². The van der Waals surface area contributed by atoms with E-state index in [2.05, 4.69) is 27.7 Å². The first-order valence-corrected chi connectivity index (χ1v) is 13.3. The van der Waals surface area contributed by atoms with Crippen molar-refractivity contribution in [3.05, 3.63) is 0 Å². The third-order valence-corrected chi connectivity index (χ3v) is 12.0. The lowest BCUT2D eigenvalue weighted by Crippen LogP contribution is -2.59. The molecule has 4 aliphatic carbocycles. The quantitative estimate of drug-likeness (QED) is 0.543. The van der Waals surface area contributed by atoms with Crippen LogP contribution in [0.2, 0.25) is 0 Å². The summed E-state index contributed by atoms with van der Waals surface area (Å²) in [7, 11) is 0. The van der Waals surface area contributed by atoms with Gasteiger partial charge in [-0.1, -0.05) is 40.5 Å². The average Bonchev–Trinajstić information content (AvgIpc) is 3.17. The van der Waals surface area contributed by atoms with Crippen LogP contribution in [0.4, 0.5) is 0 Å². The predicted molar refractivity (Wildman–Crippen MR) is 118 cm³/mol. The van der Waals surface area contributed by atoms with Crippen LogP contribution < -0.4 is 0 Å². The number of rotatable bonds is 0. The minimum Gasteiger partial charge on any atom is -0.393 e. The Kier molecular flexibility index (Phi) is 4.58. The predicted octanol–water partition coefficient (Wildman–Crippen LogP) is 5.79. The number of ether oxygens (including phenoxy) is 2. The molecule has 0 aromatic carbocycles. The molecule has 3 nitrogen and oxygen atoms in total. The summed E-state index contributed by atoms with van der Waals surface area (Å²) in [6.07, 6.45) is 13.0. The molecule has 3 heteroatoms. The fourth-order valence-electron chi connectivity index (χ4n) is 10.3. The average molecular weight is 417 g/mol. The van der Waals surface area contributed by atoms with Gasteiger partial charge in [0, 0.05) is 23.7 Å². The van der Waals surface area contributed by atoms with Crippen molar-refractivity contribution in [3.63, 3.8) is 0 Å². The first-order chi connectivity index (χ1) is 14.3. The molecule has 0 aromatic rings. The van der Waals surface area contributed by atoms with Crippen molar-refractivity contribution in [1.82, 2.24) is 0 Å². The zero-order chi connectivity index (χ0) is 20.9. The third-order valence-electron chi connectivity index (χ3n) is 12.0.